The van der Waals surface area contributed by atoms with E-state index < -0.39 is 37.1 Å². The van der Waals surface area contributed by atoms with Gasteiger partial charge in [-0.15, -0.1) is 0 Å². The molecule has 0 unspecified atom stereocenters. The number of carbonyl (C=O) groups is 1. The van der Waals surface area contributed by atoms with Crippen LogP contribution in [0, 0.1) is 11.6 Å². The van der Waals surface area contributed by atoms with Crippen LogP contribution in [0.5, 0.6) is 0 Å². The summed E-state index contributed by atoms with van der Waals surface area (Å²) in [4.78, 5) is 10.1. The molecular formula is C9H7ClF2O4S. The Hall–Kier alpha value is -1.21. The third-order valence-electron chi connectivity index (χ3n) is 1.76. The van der Waals surface area contributed by atoms with Crippen LogP contribution in [-0.4, -0.2) is 21.0 Å². The highest BCUT2D eigenvalue weighted by Crippen LogP contribution is 2.23. The van der Waals surface area contributed by atoms with Crippen LogP contribution in [0.25, 0.3) is 0 Å². The first-order valence-corrected chi connectivity index (χ1v) is 6.69. The van der Waals surface area contributed by atoms with Crippen LogP contribution >= 0.6 is 10.7 Å². The summed E-state index contributed by atoms with van der Waals surface area (Å²) in [5.41, 5.74) is -0.814. The molecule has 0 amide bonds. The molecule has 0 N–H and O–H groups in total. The van der Waals surface area contributed by atoms with Gasteiger partial charge in [-0.1, -0.05) is 0 Å². The fraction of sp³-hybridized carbons (Fsp3) is 0.222. The summed E-state index contributed by atoms with van der Waals surface area (Å²) in [5.74, 6) is -3.69. The van der Waals surface area contributed by atoms with E-state index in [1.165, 1.54) is 6.92 Å². The maximum absolute atomic E-state index is 13.6. The minimum Gasteiger partial charge on any atom is -0.462 e. The molecule has 1 aromatic rings. The molecular weight excluding hydrogens is 278 g/mol. The highest BCUT2D eigenvalue weighted by atomic mass is 35.7. The van der Waals surface area contributed by atoms with Crippen molar-refractivity contribution in [1.82, 2.24) is 0 Å². The van der Waals surface area contributed by atoms with Crippen molar-refractivity contribution in [2.45, 2.75) is 11.8 Å². The van der Waals surface area contributed by atoms with E-state index in [0.717, 1.165) is 0 Å². The third-order valence-corrected chi connectivity index (χ3v) is 3.08. The van der Waals surface area contributed by atoms with Crippen LogP contribution < -0.4 is 0 Å². The monoisotopic (exact) mass is 284 g/mol. The second-order valence-electron chi connectivity index (χ2n) is 2.92. The maximum Gasteiger partial charge on any atom is 0.341 e. The van der Waals surface area contributed by atoms with E-state index in [9.17, 15) is 22.0 Å². The predicted molar refractivity (Wildman–Crippen MR) is 55.4 cm³/mol. The number of benzene rings is 1. The van der Waals surface area contributed by atoms with Gasteiger partial charge in [0.15, 0.2) is 5.82 Å². The Bertz CT molecular complexity index is 556. The first-order valence-electron chi connectivity index (χ1n) is 4.38. The Balaban J connectivity index is 3.44. The van der Waals surface area contributed by atoms with E-state index in [0.29, 0.717) is 12.1 Å². The van der Waals surface area contributed by atoms with Gasteiger partial charge in [-0.25, -0.2) is 22.0 Å². The molecule has 94 valence electrons. The fourth-order valence-electron chi connectivity index (χ4n) is 1.10. The molecule has 1 rings (SSSR count). The summed E-state index contributed by atoms with van der Waals surface area (Å²) in [7, 11) is 0.425. The first kappa shape index (κ1) is 13.9. The van der Waals surface area contributed by atoms with Gasteiger partial charge >= 0.3 is 5.97 Å². The molecule has 17 heavy (non-hydrogen) atoms. The Morgan fingerprint density at radius 2 is 2.00 bits per heavy atom. The van der Waals surface area contributed by atoms with E-state index in [4.69, 9.17) is 10.7 Å². The zero-order valence-electron chi connectivity index (χ0n) is 8.54. The molecule has 0 aliphatic rings. The highest BCUT2D eigenvalue weighted by Gasteiger charge is 2.24. The second-order valence-corrected chi connectivity index (χ2v) is 5.46. The number of esters is 1. The van der Waals surface area contributed by atoms with Crippen molar-refractivity contribution in [2.24, 2.45) is 0 Å². The Morgan fingerprint density at radius 3 is 2.47 bits per heavy atom. The molecule has 0 saturated carbocycles. The van der Waals surface area contributed by atoms with Gasteiger partial charge in [0, 0.05) is 10.7 Å². The summed E-state index contributed by atoms with van der Waals surface area (Å²) in [5, 5.41) is 0. The summed E-state index contributed by atoms with van der Waals surface area (Å²) >= 11 is 0. The minimum absolute atomic E-state index is 0.0578. The predicted octanol–water partition coefficient (Wildman–Crippen LogP) is 2.07. The van der Waals surface area contributed by atoms with Crippen molar-refractivity contribution in [1.29, 1.82) is 0 Å². The standard InChI is InChI=1S/C9H7ClF2O4S/c1-2-16-9(13)6-3-5(11)4-7(8(6)12)17(10,14)15/h3-4H,2H2,1H3. The molecule has 0 atom stereocenters. The van der Waals surface area contributed by atoms with Crippen molar-refractivity contribution in [3.05, 3.63) is 29.3 Å². The van der Waals surface area contributed by atoms with Crippen LogP contribution in [0.4, 0.5) is 8.78 Å². The number of hydrogen-bond donors (Lipinski definition) is 0. The molecule has 0 bridgehead atoms. The number of rotatable bonds is 3. The Labute approximate surface area is 101 Å². The Kier molecular flexibility index (Phi) is 4.05. The molecule has 1 aromatic carbocycles. The molecule has 8 heteroatoms. The fourth-order valence-corrected chi connectivity index (χ4v) is 2.01. The molecule has 0 radical (unpaired) electrons. The Morgan fingerprint density at radius 1 is 1.41 bits per heavy atom. The summed E-state index contributed by atoms with van der Waals surface area (Å²) in [6.07, 6.45) is 0. The van der Waals surface area contributed by atoms with E-state index >= 15 is 0 Å². The van der Waals surface area contributed by atoms with Gasteiger partial charge in [-0.05, 0) is 19.1 Å². The van der Waals surface area contributed by atoms with Gasteiger partial charge < -0.3 is 4.74 Å². The van der Waals surface area contributed by atoms with Crippen LogP contribution in [0.2, 0.25) is 0 Å². The molecule has 0 saturated heterocycles. The number of halogens is 3. The van der Waals surface area contributed by atoms with Crippen LogP contribution in [0.3, 0.4) is 0 Å². The zero-order chi connectivity index (χ0) is 13.2. The van der Waals surface area contributed by atoms with Crippen LogP contribution in [0.15, 0.2) is 17.0 Å². The lowest BCUT2D eigenvalue weighted by atomic mass is 10.2. The second kappa shape index (κ2) is 4.97. The van der Waals surface area contributed by atoms with Gasteiger partial charge in [-0.3, -0.25) is 0 Å². The smallest absolute Gasteiger partial charge is 0.341 e. The summed E-state index contributed by atoms with van der Waals surface area (Å²) in [6.45, 7) is 1.41. The van der Waals surface area contributed by atoms with Gasteiger partial charge in [0.1, 0.15) is 10.7 Å². The number of hydrogen-bond acceptors (Lipinski definition) is 4. The normalized spacial score (nSPS) is 11.3. The minimum atomic E-state index is -4.48. The van der Waals surface area contributed by atoms with Crippen molar-refractivity contribution in [3.63, 3.8) is 0 Å². The molecule has 4 nitrogen and oxygen atoms in total. The SMILES string of the molecule is CCOC(=O)c1cc(F)cc(S(=O)(=O)Cl)c1F. The summed E-state index contributed by atoms with van der Waals surface area (Å²) < 4.78 is 53.0. The van der Waals surface area contributed by atoms with Crippen molar-refractivity contribution >= 4 is 25.7 Å². The quantitative estimate of drug-likeness (QED) is 0.630. The molecule has 0 spiro atoms. The average molecular weight is 285 g/mol. The van der Waals surface area contributed by atoms with Crippen molar-refractivity contribution < 1.29 is 26.7 Å². The number of carbonyl (C=O) groups excluding carboxylic acids is 1. The molecule has 0 aromatic heterocycles. The van der Waals surface area contributed by atoms with E-state index in [1.54, 1.807) is 0 Å². The lowest BCUT2D eigenvalue weighted by molar-refractivity contribution is 0.0519. The summed E-state index contributed by atoms with van der Waals surface area (Å²) in [6, 6.07) is 0.930. The van der Waals surface area contributed by atoms with Crippen LogP contribution in [0.1, 0.15) is 17.3 Å². The number of ether oxygens (including phenoxy) is 1. The van der Waals surface area contributed by atoms with E-state index in [2.05, 4.69) is 4.74 Å². The molecule has 0 aliphatic carbocycles. The lowest BCUT2D eigenvalue weighted by Gasteiger charge is -2.06. The largest absolute Gasteiger partial charge is 0.462 e. The zero-order valence-corrected chi connectivity index (χ0v) is 10.1. The van der Waals surface area contributed by atoms with Gasteiger partial charge in [0.05, 0.1) is 12.2 Å². The van der Waals surface area contributed by atoms with Crippen LogP contribution in [-0.2, 0) is 13.8 Å². The van der Waals surface area contributed by atoms with Crippen molar-refractivity contribution in [2.75, 3.05) is 6.61 Å². The van der Waals surface area contributed by atoms with E-state index in [-0.39, 0.29) is 6.61 Å². The van der Waals surface area contributed by atoms with E-state index in [1.807, 2.05) is 0 Å². The lowest BCUT2D eigenvalue weighted by Crippen LogP contribution is -2.10. The first-order chi connectivity index (χ1) is 7.77. The molecule has 0 heterocycles. The average Bonchev–Trinajstić information content (AvgIpc) is 2.19. The topological polar surface area (TPSA) is 60.4 Å². The molecule has 0 fully saturated rings. The van der Waals surface area contributed by atoms with Gasteiger partial charge in [0.2, 0.25) is 0 Å². The van der Waals surface area contributed by atoms with Gasteiger partial charge in [-0.2, -0.15) is 0 Å². The third kappa shape index (κ3) is 3.13. The van der Waals surface area contributed by atoms with Crippen molar-refractivity contribution in [3.8, 4) is 0 Å². The van der Waals surface area contributed by atoms with Gasteiger partial charge in [0.25, 0.3) is 9.05 Å². The highest BCUT2D eigenvalue weighted by molar-refractivity contribution is 8.13. The maximum atomic E-state index is 13.6. The molecule has 0 aliphatic heterocycles.